The molecule has 1 N–H and O–H groups in total. The maximum atomic E-state index is 10.2. The van der Waals surface area contributed by atoms with E-state index in [4.69, 9.17) is 0 Å². The van der Waals surface area contributed by atoms with Crippen molar-refractivity contribution in [3.05, 3.63) is 0 Å². The summed E-state index contributed by atoms with van der Waals surface area (Å²) in [6, 6.07) is 0. The van der Waals surface area contributed by atoms with Gasteiger partial charge < -0.3 is 0 Å². The summed E-state index contributed by atoms with van der Waals surface area (Å²) in [4.78, 5) is 20.2. The molecule has 0 aliphatic carbocycles. The van der Waals surface area contributed by atoms with Gasteiger partial charge in [-0.05, 0) is 0 Å². The zero-order valence-electron chi connectivity index (χ0n) is 4.47. The van der Waals surface area contributed by atoms with Gasteiger partial charge in [-0.15, -0.1) is 0 Å². The molecule has 0 saturated heterocycles. The summed E-state index contributed by atoms with van der Waals surface area (Å²) < 4.78 is 0. The second-order valence-electron chi connectivity index (χ2n) is 1.21. The molecule has 0 aliphatic rings. The van der Waals surface area contributed by atoms with Crippen molar-refractivity contribution in [3.63, 3.8) is 0 Å². The van der Waals surface area contributed by atoms with Gasteiger partial charge in [-0.1, -0.05) is 19.6 Å². The maximum absolute atomic E-state index is 10.2. The smallest absolute Gasteiger partial charge is 0.282 e. The normalized spacial score (nSPS) is 8.25. The van der Waals surface area contributed by atoms with E-state index in [2.05, 4.69) is 12.6 Å². The monoisotopic (exact) mass is 133 g/mol. The molecule has 2 amide bonds. The van der Waals surface area contributed by atoms with Crippen molar-refractivity contribution >= 4 is 23.8 Å². The van der Waals surface area contributed by atoms with Crippen LogP contribution in [0.25, 0.3) is 0 Å². The first-order valence-electron chi connectivity index (χ1n) is 2.19. The molecule has 0 aromatic heterocycles. The molecule has 0 spiro atoms. The van der Waals surface area contributed by atoms with Crippen molar-refractivity contribution in [1.82, 2.24) is 5.32 Å². The molecule has 4 heteroatoms. The van der Waals surface area contributed by atoms with Crippen molar-refractivity contribution in [1.29, 1.82) is 0 Å². The van der Waals surface area contributed by atoms with Crippen LogP contribution in [0.5, 0.6) is 0 Å². The summed E-state index contributed by atoms with van der Waals surface area (Å²) in [5, 5.41) is 1.38. The summed E-state index contributed by atoms with van der Waals surface area (Å²) in [7, 11) is 0. The highest BCUT2D eigenvalue weighted by Crippen LogP contribution is 1.78. The van der Waals surface area contributed by atoms with Gasteiger partial charge in [0.1, 0.15) is 0 Å². The van der Waals surface area contributed by atoms with Crippen molar-refractivity contribution in [2.45, 2.75) is 13.3 Å². The highest BCUT2D eigenvalue weighted by molar-refractivity contribution is 7.96. The van der Waals surface area contributed by atoms with Crippen LogP contribution in [0.1, 0.15) is 13.3 Å². The molecule has 0 aliphatic heterocycles. The lowest BCUT2D eigenvalue weighted by atomic mass is 10.5. The number of nitrogens with one attached hydrogen (secondary N) is 1. The minimum absolute atomic E-state index is 0.301. The molecular formula is C4H7NO2S. The molecule has 0 unspecified atom stereocenters. The fraction of sp³-hybridized carbons (Fsp3) is 0.500. The van der Waals surface area contributed by atoms with Crippen molar-refractivity contribution in [3.8, 4) is 0 Å². The summed E-state index contributed by atoms with van der Waals surface area (Å²) in [5.74, 6) is -0.301. The predicted molar refractivity (Wildman–Crippen MR) is 32.8 cm³/mol. The Morgan fingerprint density at radius 2 is 2.12 bits per heavy atom. The Bertz CT molecular complexity index is 113. The number of hydrogen-bond donors (Lipinski definition) is 2. The lowest BCUT2D eigenvalue weighted by Gasteiger charge is -1.92. The van der Waals surface area contributed by atoms with E-state index in [0.29, 0.717) is 6.42 Å². The molecule has 0 fully saturated rings. The van der Waals surface area contributed by atoms with Crippen molar-refractivity contribution < 1.29 is 9.59 Å². The van der Waals surface area contributed by atoms with Gasteiger partial charge in [0.05, 0.1) is 0 Å². The van der Waals surface area contributed by atoms with Gasteiger partial charge >= 0.3 is 0 Å². The minimum Gasteiger partial charge on any atom is -0.287 e. The molecule has 8 heavy (non-hydrogen) atoms. The van der Waals surface area contributed by atoms with Crippen LogP contribution < -0.4 is 5.32 Å². The zero-order valence-corrected chi connectivity index (χ0v) is 5.37. The average molecular weight is 133 g/mol. The number of imide groups is 1. The van der Waals surface area contributed by atoms with Gasteiger partial charge in [-0.3, -0.25) is 14.9 Å². The van der Waals surface area contributed by atoms with E-state index in [1.165, 1.54) is 0 Å². The number of amides is 2. The first kappa shape index (κ1) is 7.49. The molecule has 46 valence electrons. The second-order valence-corrected chi connectivity index (χ2v) is 1.61. The average Bonchev–Trinajstić information content (AvgIpc) is 1.65. The van der Waals surface area contributed by atoms with Crippen LogP contribution in [0, 0.1) is 0 Å². The molecule has 0 rings (SSSR count). The van der Waals surface area contributed by atoms with E-state index >= 15 is 0 Å². The van der Waals surface area contributed by atoms with E-state index in [1.807, 2.05) is 5.32 Å². The second kappa shape index (κ2) is 3.49. The Morgan fingerprint density at radius 1 is 1.62 bits per heavy atom. The molecule has 0 aromatic carbocycles. The number of carbonyl (C=O) groups excluding carboxylic acids is 2. The van der Waals surface area contributed by atoms with Gasteiger partial charge in [-0.2, -0.15) is 0 Å². The topological polar surface area (TPSA) is 46.2 Å². The Morgan fingerprint density at radius 3 is 2.25 bits per heavy atom. The van der Waals surface area contributed by atoms with E-state index in [-0.39, 0.29) is 5.91 Å². The van der Waals surface area contributed by atoms with Gasteiger partial charge in [0, 0.05) is 6.42 Å². The van der Waals surface area contributed by atoms with E-state index in [0.717, 1.165) is 0 Å². The Balaban J connectivity index is 3.40. The SMILES string of the molecule is CCC(=O)NC(=O)S. The van der Waals surface area contributed by atoms with Crippen LogP contribution in [0.3, 0.4) is 0 Å². The standard InChI is InChI=1S/C4H7NO2S/c1-2-3(6)5-4(7)8/h2H2,1H3,(H2,5,6,7,8). The number of hydrogen-bond acceptors (Lipinski definition) is 2. The fourth-order valence-electron chi connectivity index (χ4n) is 0.208. The largest absolute Gasteiger partial charge is 0.287 e. The Labute approximate surface area is 52.9 Å². The van der Waals surface area contributed by atoms with Gasteiger partial charge in [0.25, 0.3) is 5.24 Å². The molecular weight excluding hydrogens is 126 g/mol. The van der Waals surface area contributed by atoms with Crippen molar-refractivity contribution in [2.24, 2.45) is 0 Å². The van der Waals surface area contributed by atoms with E-state index in [1.54, 1.807) is 6.92 Å². The van der Waals surface area contributed by atoms with E-state index in [9.17, 15) is 9.59 Å². The number of thiol groups is 1. The third kappa shape index (κ3) is 3.67. The van der Waals surface area contributed by atoms with Crippen LogP contribution in [0.15, 0.2) is 0 Å². The highest BCUT2D eigenvalue weighted by atomic mass is 32.1. The van der Waals surface area contributed by atoms with Crippen molar-refractivity contribution in [2.75, 3.05) is 0 Å². The third-order valence-corrected chi connectivity index (χ3v) is 0.679. The lowest BCUT2D eigenvalue weighted by Crippen LogP contribution is -2.24. The van der Waals surface area contributed by atoms with E-state index < -0.39 is 5.24 Å². The number of carbonyl (C=O) groups is 2. The summed E-state index contributed by atoms with van der Waals surface area (Å²) in [6.45, 7) is 1.66. The molecule has 0 radical (unpaired) electrons. The summed E-state index contributed by atoms with van der Waals surface area (Å²) >= 11 is 3.32. The fourth-order valence-corrected chi connectivity index (χ4v) is 0.332. The summed E-state index contributed by atoms with van der Waals surface area (Å²) in [5.41, 5.74) is 0. The van der Waals surface area contributed by atoms with Gasteiger partial charge in [0.15, 0.2) is 0 Å². The van der Waals surface area contributed by atoms with Crippen LogP contribution in [0.4, 0.5) is 4.79 Å². The Hall–Kier alpha value is -0.510. The van der Waals surface area contributed by atoms with Crippen LogP contribution >= 0.6 is 12.6 Å². The van der Waals surface area contributed by atoms with Gasteiger partial charge in [-0.25, -0.2) is 0 Å². The van der Waals surface area contributed by atoms with Gasteiger partial charge in [0.2, 0.25) is 5.91 Å². The zero-order chi connectivity index (χ0) is 6.57. The highest BCUT2D eigenvalue weighted by Gasteiger charge is 1.97. The molecule has 0 atom stereocenters. The van der Waals surface area contributed by atoms with Crippen LogP contribution in [0.2, 0.25) is 0 Å². The molecule has 3 nitrogen and oxygen atoms in total. The summed E-state index contributed by atoms with van der Waals surface area (Å²) in [6.07, 6.45) is 0.312. The molecule has 0 bridgehead atoms. The molecule has 0 aromatic rings. The van der Waals surface area contributed by atoms with Crippen LogP contribution in [-0.2, 0) is 4.79 Å². The molecule has 0 saturated carbocycles. The van der Waals surface area contributed by atoms with Crippen LogP contribution in [-0.4, -0.2) is 11.1 Å². The third-order valence-electron chi connectivity index (χ3n) is 0.567. The predicted octanol–water partition coefficient (Wildman–Crippen LogP) is 0.562. The first-order chi connectivity index (χ1) is 3.66. The molecule has 0 heterocycles. The number of rotatable bonds is 1. The maximum Gasteiger partial charge on any atom is 0.282 e. The lowest BCUT2D eigenvalue weighted by molar-refractivity contribution is -0.119. The first-order valence-corrected chi connectivity index (χ1v) is 2.64. The Kier molecular flexibility index (Phi) is 3.26. The minimum atomic E-state index is -0.600. The quantitative estimate of drug-likeness (QED) is 0.513.